The van der Waals surface area contributed by atoms with E-state index in [1.807, 2.05) is 0 Å². The van der Waals surface area contributed by atoms with Gasteiger partial charge in [-0.25, -0.2) is 0 Å². The van der Waals surface area contributed by atoms with Crippen LogP contribution < -0.4 is 0 Å². The van der Waals surface area contributed by atoms with Crippen LogP contribution in [0.1, 0.15) is 78.1 Å². The van der Waals surface area contributed by atoms with Crippen LogP contribution in [0, 0.1) is 34.5 Å². The van der Waals surface area contributed by atoms with Crippen LogP contribution in [0.5, 0.6) is 0 Å². The monoisotopic (exact) mass is 274 g/mol. The summed E-state index contributed by atoms with van der Waals surface area (Å²) < 4.78 is 0. The van der Waals surface area contributed by atoms with E-state index in [-0.39, 0.29) is 0 Å². The molecule has 0 bridgehead atoms. The lowest BCUT2D eigenvalue weighted by molar-refractivity contribution is -0.137. The summed E-state index contributed by atoms with van der Waals surface area (Å²) in [6.07, 6.45) is 13.1. The molecule has 0 radical (unpaired) electrons. The van der Waals surface area contributed by atoms with Crippen LogP contribution in [0.25, 0.3) is 0 Å². The number of hydrogen-bond acceptors (Lipinski definition) is 1. The minimum atomic E-state index is 0.501. The smallest absolute Gasteiger partial charge is 0.133 e. The molecule has 6 atom stereocenters. The van der Waals surface area contributed by atoms with Gasteiger partial charge in [0.2, 0.25) is 0 Å². The third kappa shape index (κ3) is 1.70. The third-order valence-electron chi connectivity index (χ3n) is 8.26. The van der Waals surface area contributed by atoms with Gasteiger partial charge in [-0.3, -0.25) is 4.79 Å². The Hall–Kier alpha value is -0.330. The van der Waals surface area contributed by atoms with E-state index in [1.165, 1.54) is 51.4 Å². The molecule has 1 heteroatoms. The van der Waals surface area contributed by atoms with E-state index < -0.39 is 0 Å². The lowest BCUT2D eigenvalue weighted by Crippen LogP contribution is -2.52. The number of hydrogen-bond donors (Lipinski definition) is 0. The highest BCUT2D eigenvalue weighted by molar-refractivity contribution is 5.79. The highest BCUT2D eigenvalue weighted by Crippen LogP contribution is 2.65. The maximum absolute atomic E-state index is 11.9. The van der Waals surface area contributed by atoms with Crippen LogP contribution in [0.3, 0.4) is 0 Å². The second-order valence-electron chi connectivity index (χ2n) is 8.98. The van der Waals surface area contributed by atoms with Crippen LogP contribution in [-0.2, 0) is 4.79 Å². The Balaban J connectivity index is 1.64. The molecule has 4 aliphatic carbocycles. The molecule has 4 saturated carbocycles. The summed E-state index contributed by atoms with van der Waals surface area (Å²) in [5.41, 5.74) is 1.18. The zero-order valence-electron chi connectivity index (χ0n) is 13.3. The molecule has 0 aliphatic heterocycles. The van der Waals surface area contributed by atoms with Gasteiger partial charge in [-0.05, 0) is 79.4 Å². The molecule has 0 aromatic rings. The average Bonchev–Trinajstić information content (AvgIpc) is 2.81. The minimum Gasteiger partial charge on any atom is -0.300 e. The summed E-state index contributed by atoms with van der Waals surface area (Å²) in [5, 5.41) is 0. The summed E-state index contributed by atoms with van der Waals surface area (Å²) in [5.74, 6) is 4.20. The van der Waals surface area contributed by atoms with Crippen LogP contribution in [0.2, 0.25) is 0 Å². The number of carbonyl (C=O) groups is 1. The number of ketones is 1. The summed E-state index contributed by atoms with van der Waals surface area (Å²) in [6.45, 7) is 5.14. The van der Waals surface area contributed by atoms with Gasteiger partial charge in [0.05, 0.1) is 0 Å². The summed E-state index contributed by atoms with van der Waals surface area (Å²) in [4.78, 5) is 11.9. The van der Waals surface area contributed by atoms with Crippen molar-refractivity contribution in [2.24, 2.45) is 34.5 Å². The Morgan fingerprint density at radius 1 is 0.950 bits per heavy atom. The molecule has 112 valence electrons. The Labute approximate surface area is 123 Å². The van der Waals surface area contributed by atoms with Gasteiger partial charge in [0.25, 0.3) is 0 Å². The molecular formula is C19H30O. The van der Waals surface area contributed by atoms with Gasteiger partial charge in [-0.15, -0.1) is 0 Å². The largest absolute Gasteiger partial charge is 0.300 e. The molecular weight excluding hydrogens is 244 g/mol. The lowest BCUT2D eigenvalue weighted by Gasteiger charge is -2.59. The fourth-order valence-electron chi connectivity index (χ4n) is 7.04. The maximum Gasteiger partial charge on any atom is 0.133 e. The van der Waals surface area contributed by atoms with Crippen LogP contribution in [0.15, 0.2) is 0 Å². The molecule has 0 heterocycles. The second-order valence-corrected chi connectivity index (χ2v) is 8.98. The quantitative estimate of drug-likeness (QED) is 0.608. The average molecular weight is 274 g/mol. The van der Waals surface area contributed by atoms with E-state index >= 15 is 0 Å². The Morgan fingerprint density at radius 2 is 1.80 bits per heavy atom. The van der Waals surface area contributed by atoms with Crippen LogP contribution >= 0.6 is 0 Å². The predicted molar refractivity (Wildman–Crippen MR) is 81.4 cm³/mol. The zero-order valence-corrected chi connectivity index (χ0v) is 13.3. The third-order valence-corrected chi connectivity index (χ3v) is 8.26. The molecule has 0 spiro atoms. The first-order valence-electron chi connectivity index (χ1n) is 9.05. The lowest BCUT2D eigenvalue weighted by atomic mass is 9.45. The van der Waals surface area contributed by atoms with Gasteiger partial charge < -0.3 is 0 Å². The van der Waals surface area contributed by atoms with Crippen LogP contribution in [0.4, 0.5) is 0 Å². The van der Waals surface area contributed by atoms with E-state index in [1.54, 1.807) is 0 Å². The van der Waals surface area contributed by atoms with Crippen molar-refractivity contribution < 1.29 is 4.79 Å². The fourth-order valence-corrected chi connectivity index (χ4v) is 7.04. The van der Waals surface area contributed by atoms with Gasteiger partial charge in [0, 0.05) is 12.8 Å². The van der Waals surface area contributed by atoms with E-state index in [9.17, 15) is 4.79 Å². The molecule has 1 nitrogen and oxygen atoms in total. The molecule has 1 unspecified atom stereocenters. The minimum absolute atomic E-state index is 0.501. The Kier molecular flexibility index (Phi) is 2.89. The normalized spacial score (nSPS) is 55.0. The van der Waals surface area contributed by atoms with Gasteiger partial charge in [-0.2, -0.15) is 0 Å². The first-order chi connectivity index (χ1) is 9.53. The summed E-state index contributed by atoms with van der Waals surface area (Å²) >= 11 is 0. The first kappa shape index (κ1) is 13.3. The Morgan fingerprint density at radius 3 is 2.65 bits per heavy atom. The van der Waals surface area contributed by atoms with Crippen molar-refractivity contribution in [2.45, 2.75) is 78.1 Å². The number of carbonyl (C=O) groups excluding carboxylic acids is 1. The molecule has 0 amide bonds. The van der Waals surface area contributed by atoms with E-state index in [2.05, 4.69) is 13.8 Å². The molecule has 4 aliphatic rings. The molecule has 0 N–H and O–H groups in total. The Bertz CT molecular complexity index is 427. The van der Waals surface area contributed by atoms with Crippen LogP contribution in [-0.4, -0.2) is 5.78 Å². The topological polar surface area (TPSA) is 17.1 Å². The van der Waals surface area contributed by atoms with Crippen molar-refractivity contribution in [2.75, 3.05) is 0 Å². The molecule has 0 aromatic carbocycles. The molecule has 20 heavy (non-hydrogen) atoms. The van der Waals surface area contributed by atoms with Crippen molar-refractivity contribution in [3.63, 3.8) is 0 Å². The van der Waals surface area contributed by atoms with Gasteiger partial charge in [0.1, 0.15) is 5.78 Å². The van der Waals surface area contributed by atoms with E-state index in [0.717, 1.165) is 36.5 Å². The van der Waals surface area contributed by atoms with Crippen molar-refractivity contribution in [1.29, 1.82) is 0 Å². The number of Topliss-reactive ketones (excluding diaryl/α,β-unsaturated/α-hetero) is 1. The predicted octanol–water partition coefficient (Wildman–Crippen LogP) is 4.99. The van der Waals surface area contributed by atoms with Gasteiger partial charge >= 0.3 is 0 Å². The first-order valence-corrected chi connectivity index (χ1v) is 9.05. The molecule has 0 aromatic heterocycles. The molecule has 4 rings (SSSR count). The van der Waals surface area contributed by atoms with Gasteiger partial charge in [0.15, 0.2) is 0 Å². The van der Waals surface area contributed by atoms with Crippen molar-refractivity contribution in [1.82, 2.24) is 0 Å². The zero-order chi connectivity index (χ0) is 14.0. The summed E-state index contributed by atoms with van der Waals surface area (Å²) in [6, 6.07) is 0. The number of rotatable bonds is 0. The van der Waals surface area contributed by atoms with Crippen molar-refractivity contribution in [3.8, 4) is 0 Å². The molecule has 0 saturated heterocycles. The molecule has 4 fully saturated rings. The highest BCUT2D eigenvalue weighted by Gasteiger charge is 2.57. The van der Waals surface area contributed by atoms with Crippen molar-refractivity contribution in [3.05, 3.63) is 0 Å². The second kappa shape index (κ2) is 4.34. The fraction of sp³-hybridized carbons (Fsp3) is 0.947. The summed E-state index contributed by atoms with van der Waals surface area (Å²) in [7, 11) is 0. The SMILES string of the molecule is C[C@@]12CCC[C@H]1C1CC[C@H]3CC(=O)CC[C@]3(C)[C@H]1CC2. The van der Waals surface area contributed by atoms with Gasteiger partial charge in [-0.1, -0.05) is 20.3 Å². The van der Waals surface area contributed by atoms with Crippen molar-refractivity contribution >= 4 is 5.78 Å². The van der Waals surface area contributed by atoms with E-state index in [4.69, 9.17) is 0 Å². The number of fused-ring (bicyclic) bond motifs is 5. The maximum atomic E-state index is 11.9. The standard InChI is InChI=1S/C19H30O/c1-18-9-3-4-16(18)15-6-5-13-12-14(20)7-11-19(13,2)17(15)8-10-18/h13,15-17H,3-12H2,1-2H3/t13-,15?,16-,17-,18-,19-/m0/s1. The van der Waals surface area contributed by atoms with E-state index in [0.29, 0.717) is 16.6 Å². The highest BCUT2D eigenvalue weighted by atomic mass is 16.1.